The molecule has 2 aromatic rings. The second-order valence-corrected chi connectivity index (χ2v) is 5.33. The minimum Gasteiger partial charge on any atom is -0.493 e. The van der Waals surface area contributed by atoms with Crippen molar-refractivity contribution >= 4 is 18.0 Å². The lowest BCUT2D eigenvalue weighted by Crippen LogP contribution is -2.28. The lowest BCUT2D eigenvalue weighted by molar-refractivity contribution is -0.123. The number of carbonyl (C=O) groups is 2. The highest BCUT2D eigenvalue weighted by Crippen LogP contribution is 2.27. The van der Waals surface area contributed by atoms with Gasteiger partial charge in [0.25, 0.3) is 11.8 Å². The Hall–Kier alpha value is -3.42. The monoisotopic (exact) mass is 373 g/mol. The van der Waals surface area contributed by atoms with Crippen molar-refractivity contribution in [3.63, 3.8) is 0 Å². The van der Waals surface area contributed by atoms with Crippen molar-refractivity contribution < 1.29 is 23.5 Å². The highest BCUT2D eigenvalue weighted by Gasteiger charge is 2.10. The zero-order valence-electron chi connectivity index (χ0n) is 15.0. The smallest absolute Gasteiger partial charge is 0.274 e. The summed E-state index contributed by atoms with van der Waals surface area (Å²) in [5, 5.41) is 6.44. The van der Waals surface area contributed by atoms with Crippen LogP contribution in [0.5, 0.6) is 11.5 Å². The fraction of sp³-hybridized carbons (Fsp3) is 0.211. The molecule has 0 heterocycles. The molecule has 2 aromatic carbocycles. The SMILES string of the molecule is CCNC(=O)COc1ccc(/C=N\NC(=O)c2ccccc2F)cc1OC. The summed E-state index contributed by atoms with van der Waals surface area (Å²) in [6, 6.07) is 10.6. The fourth-order valence-corrected chi connectivity index (χ4v) is 2.15. The molecule has 7 nitrogen and oxygen atoms in total. The van der Waals surface area contributed by atoms with Crippen LogP contribution in [0.15, 0.2) is 47.6 Å². The number of methoxy groups -OCH3 is 1. The molecule has 8 heteroatoms. The second kappa shape index (κ2) is 9.91. The standard InChI is InChI=1S/C19H20FN3O4/c1-3-21-18(24)12-27-16-9-8-13(10-17(16)26-2)11-22-23-19(25)14-6-4-5-7-15(14)20/h4-11H,3,12H2,1-2H3,(H,21,24)(H,23,25)/b22-11-. The zero-order valence-corrected chi connectivity index (χ0v) is 15.0. The van der Waals surface area contributed by atoms with Crippen LogP contribution in [-0.2, 0) is 4.79 Å². The number of nitrogens with zero attached hydrogens (tertiary/aromatic N) is 1. The first-order valence-corrected chi connectivity index (χ1v) is 8.20. The van der Waals surface area contributed by atoms with Gasteiger partial charge in [-0.2, -0.15) is 5.10 Å². The van der Waals surface area contributed by atoms with Crippen molar-refractivity contribution in [3.05, 3.63) is 59.4 Å². The van der Waals surface area contributed by atoms with E-state index >= 15 is 0 Å². The number of halogens is 1. The van der Waals surface area contributed by atoms with Crippen molar-refractivity contribution in [2.75, 3.05) is 20.3 Å². The number of hydrazone groups is 1. The van der Waals surface area contributed by atoms with Gasteiger partial charge in [0.1, 0.15) is 5.82 Å². The number of carbonyl (C=O) groups excluding carboxylic acids is 2. The summed E-state index contributed by atoms with van der Waals surface area (Å²) in [4.78, 5) is 23.4. The van der Waals surface area contributed by atoms with Gasteiger partial charge in [0.15, 0.2) is 18.1 Å². The molecule has 0 saturated heterocycles. The van der Waals surface area contributed by atoms with E-state index in [-0.39, 0.29) is 18.1 Å². The minimum absolute atomic E-state index is 0.0960. The summed E-state index contributed by atoms with van der Waals surface area (Å²) in [6.07, 6.45) is 1.38. The first kappa shape index (κ1) is 19.9. The van der Waals surface area contributed by atoms with E-state index in [0.29, 0.717) is 23.6 Å². The summed E-state index contributed by atoms with van der Waals surface area (Å²) in [5.41, 5.74) is 2.78. The van der Waals surface area contributed by atoms with E-state index in [1.807, 2.05) is 6.92 Å². The second-order valence-electron chi connectivity index (χ2n) is 5.33. The molecule has 0 aromatic heterocycles. The number of ether oxygens (including phenoxy) is 2. The van der Waals surface area contributed by atoms with Gasteiger partial charge < -0.3 is 14.8 Å². The fourth-order valence-electron chi connectivity index (χ4n) is 2.15. The van der Waals surface area contributed by atoms with Crippen LogP contribution in [0.3, 0.4) is 0 Å². The molecular weight excluding hydrogens is 353 g/mol. The first-order valence-electron chi connectivity index (χ1n) is 8.20. The Bertz CT molecular complexity index is 839. The largest absolute Gasteiger partial charge is 0.493 e. The number of hydrogen-bond donors (Lipinski definition) is 2. The maximum Gasteiger partial charge on any atom is 0.274 e. The Kier molecular flexibility index (Phi) is 7.30. The summed E-state index contributed by atoms with van der Waals surface area (Å²) in [6.45, 7) is 2.21. The van der Waals surface area contributed by atoms with Crippen LogP contribution in [0.2, 0.25) is 0 Å². The Balaban J connectivity index is 2.00. The molecule has 2 amide bonds. The van der Waals surface area contributed by atoms with E-state index in [1.165, 1.54) is 31.5 Å². The van der Waals surface area contributed by atoms with Gasteiger partial charge in [0.2, 0.25) is 0 Å². The maximum absolute atomic E-state index is 13.5. The Morgan fingerprint density at radius 2 is 1.96 bits per heavy atom. The van der Waals surface area contributed by atoms with Crippen LogP contribution < -0.4 is 20.2 Å². The number of rotatable bonds is 8. The van der Waals surface area contributed by atoms with Gasteiger partial charge in [-0.15, -0.1) is 0 Å². The molecule has 0 bridgehead atoms. The molecule has 2 rings (SSSR count). The van der Waals surface area contributed by atoms with Crippen LogP contribution in [-0.4, -0.2) is 38.3 Å². The average molecular weight is 373 g/mol. The zero-order chi connectivity index (χ0) is 19.6. The lowest BCUT2D eigenvalue weighted by atomic mass is 10.2. The summed E-state index contributed by atoms with van der Waals surface area (Å²) in [5.74, 6) is -0.709. The van der Waals surface area contributed by atoms with Gasteiger partial charge in [-0.25, -0.2) is 9.82 Å². The highest BCUT2D eigenvalue weighted by atomic mass is 19.1. The minimum atomic E-state index is -0.654. The Morgan fingerprint density at radius 3 is 2.67 bits per heavy atom. The van der Waals surface area contributed by atoms with E-state index in [4.69, 9.17) is 9.47 Å². The normalized spacial score (nSPS) is 10.5. The van der Waals surface area contributed by atoms with Crippen molar-refractivity contribution in [3.8, 4) is 11.5 Å². The maximum atomic E-state index is 13.5. The molecule has 2 N–H and O–H groups in total. The molecule has 0 aliphatic rings. The number of likely N-dealkylation sites (N-methyl/N-ethyl adjacent to an activating group) is 1. The van der Waals surface area contributed by atoms with Crippen LogP contribution in [0.4, 0.5) is 4.39 Å². The van der Waals surface area contributed by atoms with Gasteiger partial charge in [0.05, 0.1) is 18.9 Å². The lowest BCUT2D eigenvalue weighted by Gasteiger charge is -2.11. The summed E-state index contributed by atoms with van der Waals surface area (Å²) in [7, 11) is 1.47. The molecule has 0 radical (unpaired) electrons. The third kappa shape index (κ3) is 5.81. The Morgan fingerprint density at radius 1 is 1.19 bits per heavy atom. The van der Waals surface area contributed by atoms with Gasteiger partial charge in [-0.1, -0.05) is 12.1 Å². The van der Waals surface area contributed by atoms with Crippen molar-refractivity contribution in [1.82, 2.24) is 10.7 Å². The van der Waals surface area contributed by atoms with Gasteiger partial charge in [-0.05, 0) is 42.8 Å². The molecule has 0 saturated carbocycles. The molecule has 0 aliphatic heterocycles. The quantitative estimate of drug-likeness (QED) is 0.548. The number of benzene rings is 2. The third-order valence-corrected chi connectivity index (χ3v) is 3.42. The molecule has 0 atom stereocenters. The highest BCUT2D eigenvalue weighted by molar-refractivity contribution is 5.95. The van der Waals surface area contributed by atoms with Crippen molar-refractivity contribution in [2.45, 2.75) is 6.92 Å². The first-order chi connectivity index (χ1) is 13.0. The van der Waals surface area contributed by atoms with E-state index in [2.05, 4.69) is 15.8 Å². The number of hydrogen-bond acceptors (Lipinski definition) is 5. The molecule has 0 unspecified atom stereocenters. The van der Waals surface area contributed by atoms with E-state index in [1.54, 1.807) is 24.3 Å². The molecule has 0 spiro atoms. The number of amides is 2. The molecule has 142 valence electrons. The van der Waals surface area contributed by atoms with Crippen LogP contribution in [0.1, 0.15) is 22.8 Å². The van der Waals surface area contributed by atoms with Crippen LogP contribution in [0, 0.1) is 5.82 Å². The Labute approximate surface area is 156 Å². The molecular formula is C19H20FN3O4. The van der Waals surface area contributed by atoms with Crippen molar-refractivity contribution in [1.29, 1.82) is 0 Å². The van der Waals surface area contributed by atoms with E-state index in [0.717, 1.165) is 0 Å². The van der Waals surface area contributed by atoms with Gasteiger partial charge in [-0.3, -0.25) is 9.59 Å². The van der Waals surface area contributed by atoms with Crippen LogP contribution >= 0.6 is 0 Å². The average Bonchev–Trinajstić information content (AvgIpc) is 2.67. The summed E-state index contributed by atoms with van der Waals surface area (Å²) >= 11 is 0. The topological polar surface area (TPSA) is 89.0 Å². The van der Waals surface area contributed by atoms with E-state index < -0.39 is 11.7 Å². The third-order valence-electron chi connectivity index (χ3n) is 3.42. The van der Waals surface area contributed by atoms with E-state index in [9.17, 15) is 14.0 Å². The molecule has 0 aliphatic carbocycles. The summed E-state index contributed by atoms with van der Waals surface area (Å²) < 4.78 is 24.2. The predicted octanol–water partition coefficient (Wildman–Crippen LogP) is 2.11. The van der Waals surface area contributed by atoms with Crippen LogP contribution in [0.25, 0.3) is 0 Å². The molecule has 27 heavy (non-hydrogen) atoms. The predicted molar refractivity (Wildman–Crippen MR) is 98.6 cm³/mol. The van der Waals surface area contributed by atoms with Crippen molar-refractivity contribution in [2.24, 2.45) is 5.10 Å². The van der Waals surface area contributed by atoms with Gasteiger partial charge >= 0.3 is 0 Å². The van der Waals surface area contributed by atoms with Gasteiger partial charge in [0, 0.05) is 6.54 Å². The number of nitrogens with one attached hydrogen (secondary N) is 2. The molecule has 0 fully saturated rings.